The molecule has 1 aliphatic heterocycles. The van der Waals surface area contributed by atoms with Crippen molar-refractivity contribution in [2.75, 3.05) is 29.1 Å². The smallest absolute Gasteiger partial charge is 0.257 e. The maximum absolute atomic E-state index is 12.5. The van der Waals surface area contributed by atoms with Crippen molar-refractivity contribution >= 4 is 51.7 Å². The number of halogens is 1. The van der Waals surface area contributed by atoms with Gasteiger partial charge in [-0.3, -0.25) is 4.79 Å². The molecular formula is C20H20ClN3O2S. The lowest BCUT2D eigenvalue weighted by molar-refractivity contribution is -0.113. The minimum Gasteiger partial charge on any atom is -0.431 e. The second-order valence-electron chi connectivity index (χ2n) is 6.47. The van der Waals surface area contributed by atoms with Crippen molar-refractivity contribution in [3.63, 3.8) is 0 Å². The van der Waals surface area contributed by atoms with E-state index in [1.807, 2.05) is 42.5 Å². The Morgan fingerprint density at radius 1 is 1.15 bits per heavy atom. The quantitative estimate of drug-likeness (QED) is 0.595. The van der Waals surface area contributed by atoms with Crippen LogP contribution in [0.15, 0.2) is 52.1 Å². The van der Waals surface area contributed by atoms with Crippen molar-refractivity contribution in [3.05, 3.63) is 47.5 Å². The molecule has 27 heavy (non-hydrogen) atoms. The van der Waals surface area contributed by atoms with Gasteiger partial charge >= 0.3 is 0 Å². The number of para-hydroxylation sites is 3. The van der Waals surface area contributed by atoms with Gasteiger partial charge in [-0.1, -0.05) is 41.6 Å². The van der Waals surface area contributed by atoms with Gasteiger partial charge in [0.2, 0.25) is 5.91 Å². The number of aromatic nitrogens is 1. The standard InChI is InChI=1S/C20H20ClN3O2S/c21-14-7-6-9-16(19(14)24-11-4-1-5-12-24)22-18(25)13-27-20-23-15-8-2-3-10-17(15)26-20/h2-3,6-10H,1,4-5,11-13H2,(H,22,25). The van der Waals surface area contributed by atoms with Gasteiger partial charge in [0.05, 0.1) is 22.2 Å². The third kappa shape index (κ3) is 4.22. The summed E-state index contributed by atoms with van der Waals surface area (Å²) in [7, 11) is 0. The van der Waals surface area contributed by atoms with Crippen LogP contribution in [0.1, 0.15) is 19.3 Å². The second-order valence-corrected chi connectivity index (χ2v) is 7.80. The van der Waals surface area contributed by atoms with E-state index in [1.165, 1.54) is 18.2 Å². The molecule has 1 aromatic heterocycles. The number of hydrogen-bond acceptors (Lipinski definition) is 5. The minimum absolute atomic E-state index is 0.109. The lowest BCUT2D eigenvalue weighted by atomic mass is 10.1. The van der Waals surface area contributed by atoms with Crippen LogP contribution in [0.3, 0.4) is 0 Å². The highest BCUT2D eigenvalue weighted by Gasteiger charge is 2.19. The van der Waals surface area contributed by atoms with Crippen LogP contribution in [-0.4, -0.2) is 29.7 Å². The molecule has 2 heterocycles. The highest BCUT2D eigenvalue weighted by molar-refractivity contribution is 7.99. The molecule has 0 atom stereocenters. The zero-order chi connectivity index (χ0) is 18.6. The first kappa shape index (κ1) is 18.2. The van der Waals surface area contributed by atoms with E-state index in [0.717, 1.165) is 48.4 Å². The molecule has 4 rings (SSSR count). The number of oxazole rings is 1. The SMILES string of the molecule is O=C(CSc1nc2ccccc2o1)Nc1cccc(Cl)c1N1CCCCC1. The summed E-state index contributed by atoms with van der Waals surface area (Å²) in [6.07, 6.45) is 3.53. The number of anilines is 2. The highest BCUT2D eigenvalue weighted by Crippen LogP contribution is 2.35. The number of rotatable bonds is 5. The normalized spacial score (nSPS) is 14.5. The molecule has 0 saturated carbocycles. The fourth-order valence-corrected chi connectivity index (χ4v) is 4.21. The fraction of sp³-hybridized carbons (Fsp3) is 0.300. The van der Waals surface area contributed by atoms with Crippen molar-refractivity contribution in [2.45, 2.75) is 24.5 Å². The molecule has 1 aliphatic rings. The van der Waals surface area contributed by atoms with Gasteiger partial charge in [0.1, 0.15) is 5.52 Å². The van der Waals surface area contributed by atoms with Gasteiger partial charge in [-0.15, -0.1) is 0 Å². The molecule has 1 N–H and O–H groups in total. The third-order valence-electron chi connectivity index (χ3n) is 4.53. The molecule has 1 amide bonds. The minimum atomic E-state index is -0.109. The molecule has 0 aliphatic carbocycles. The Bertz CT molecular complexity index is 920. The number of piperidine rings is 1. The van der Waals surface area contributed by atoms with Crippen molar-refractivity contribution < 1.29 is 9.21 Å². The van der Waals surface area contributed by atoms with E-state index in [0.29, 0.717) is 10.2 Å². The number of carbonyl (C=O) groups is 1. The van der Waals surface area contributed by atoms with Gasteiger partial charge in [0, 0.05) is 13.1 Å². The Balaban J connectivity index is 1.44. The predicted molar refractivity (Wildman–Crippen MR) is 111 cm³/mol. The summed E-state index contributed by atoms with van der Waals surface area (Å²) >= 11 is 7.72. The lowest BCUT2D eigenvalue weighted by Gasteiger charge is -2.31. The Morgan fingerprint density at radius 3 is 2.78 bits per heavy atom. The number of benzene rings is 2. The first-order valence-electron chi connectivity index (χ1n) is 9.02. The lowest BCUT2D eigenvalue weighted by Crippen LogP contribution is -2.30. The first-order valence-corrected chi connectivity index (χ1v) is 10.4. The third-order valence-corrected chi connectivity index (χ3v) is 5.67. The van der Waals surface area contributed by atoms with E-state index in [9.17, 15) is 4.79 Å². The monoisotopic (exact) mass is 401 g/mol. The van der Waals surface area contributed by atoms with Crippen LogP contribution >= 0.6 is 23.4 Å². The van der Waals surface area contributed by atoms with Crippen LogP contribution < -0.4 is 10.2 Å². The second kappa shape index (κ2) is 8.23. The van der Waals surface area contributed by atoms with E-state index >= 15 is 0 Å². The van der Waals surface area contributed by atoms with E-state index in [1.54, 1.807) is 0 Å². The summed E-state index contributed by atoms with van der Waals surface area (Å²) in [5.74, 6) is 0.112. The van der Waals surface area contributed by atoms with Crippen LogP contribution in [-0.2, 0) is 4.79 Å². The largest absolute Gasteiger partial charge is 0.431 e. The summed E-state index contributed by atoms with van der Waals surface area (Å²) in [6.45, 7) is 1.93. The van der Waals surface area contributed by atoms with Gasteiger partial charge in [-0.25, -0.2) is 4.98 Å². The molecule has 0 spiro atoms. The summed E-state index contributed by atoms with van der Waals surface area (Å²) in [4.78, 5) is 19.1. The Kier molecular flexibility index (Phi) is 5.55. The summed E-state index contributed by atoms with van der Waals surface area (Å²) in [5, 5.41) is 4.16. The number of hydrogen-bond donors (Lipinski definition) is 1. The Morgan fingerprint density at radius 2 is 1.96 bits per heavy atom. The molecule has 5 nitrogen and oxygen atoms in total. The first-order chi connectivity index (χ1) is 13.2. The van der Waals surface area contributed by atoms with Gasteiger partial charge in [0.25, 0.3) is 5.22 Å². The van der Waals surface area contributed by atoms with Gasteiger partial charge in [0.15, 0.2) is 5.58 Å². The predicted octanol–water partition coefficient (Wildman–Crippen LogP) is 5.20. The average Bonchev–Trinajstić information content (AvgIpc) is 3.10. The fourth-order valence-electron chi connectivity index (χ4n) is 3.28. The maximum atomic E-state index is 12.5. The van der Waals surface area contributed by atoms with Crippen molar-refractivity contribution in [2.24, 2.45) is 0 Å². The summed E-state index contributed by atoms with van der Waals surface area (Å²) in [5.41, 5.74) is 3.19. The molecule has 1 saturated heterocycles. The van der Waals surface area contributed by atoms with E-state index < -0.39 is 0 Å². The highest BCUT2D eigenvalue weighted by atomic mass is 35.5. The molecule has 0 radical (unpaired) electrons. The van der Waals surface area contributed by atoms with E-state index in [2.05, 4.69) is 15.2 Å². The van der Waals surface area contributed by atoms with Crippen molar-refractivity contribution in [1.82, 2.24) is 4.98 Å². The molecule has 0 bridgehead atoms. The van der Waals surface area contributed by atoms with Crippen LogP contribution in [0.25, 0.3) is 11.1 Å². The van der Waals surface area contributed by atoms with Crippen LogP contribution in [0.4, 0.5) is 11.4 Å². The summed E-state index contributed by atoms with van der Waals surface area (Å²) in [6, 6.07) is 13.2. The van der Waals surface area contributed by atoms with Gasteiger partial charge < -0.3 is 14.6 Å². The number of nitrogens with one attached hydrogen (secondary N) is 1. The maximum Gasteiger partial charge on any atom is 0.257 e. The molecule has 3 aromatic rings. The number of fused-ring (bicyclic) bond motifs is 1. The molecule has 2 aromatic carbocycles. The zero-order valence-corrected chi connectivity index (χ0v) is 16.4. The van der Waals surface area contributed by atoms with Gasteiger partial charge in [-0.05, 0) is 43.5 Å². The molecular weight excluding hydrogens is 382 g/mol. The summed E-state index contributed by atoms with van der Waals surface area (Å²) < 4.78 is 5.65. The Labute approximate surface area is 167 Å². The van der Waals surface area contributed by atoms with Crippen LogP contribution in [0.5, 0.6) is 0 Å². The number of thioether (sulfide) groups is 1. The van der Waals surface area contributed by atoms with E-state index in [4.69, 9.17) is 16.0 Å². The molecule has 0 unspecified atom stereocenters. The zero-order valence-electron chi connectivity index (χ0n) is 14.8. The van der Waals surface area contributed by atoms with E-state index in [-0.39, 0.29) is 11.7 Å². The van der Waals surface area contributed by atoms with Gasteiger partial charge in [-0.2, -0.15) is 0 Å². The molecule has 1 fully saturated rings. The van der Waals surface area contributed by atoms with Crippen molar-refractivity contribution in [1.29, 1.82) is 0 Å². The molecule has 140 valence electrons. The number of amides is 1. The van der Waals surface area contributed by atoms with Crippen molar-refractivity contribution in [3.8, 4) is 0 Å². The molecule has 7 heteroatoms. The number of carbonyl (C=O) groups excluding carboxylic acids is 1. The number of nitrogens with zero attached hydrogens (tertiary/aromatic N) is 2. The Hall–Kier alpha value is -2.18. The van der Waals surface area contributed by atoms with Crippen LogP contribution in [0.2, 0.25) is 5.02 Å². The average molecular weight is 402 g/mol. The topological polar surface area (TPSA) is 58.4 Å². The van der Waals surface area contributed by atoms with Crippen LogP contribution in [0, 0.1) is 0 Å².